The third-order valence-electron chi connectivity index (χ3n) is 4.22. The highest BCUT2D eigenvalue weighted by Gasteiger charge is 2.11. The summed E-state index contributed by atoms with van der Waals surface area (Å²) in [5, 5.41) is 4.35. The molecule has 0 aliphatic heterocycles. The van der Waals surface area contributed by atoms with Crippen molar-refractivity contribution in [2.75, 3.05) is 20.2 Å². The van der Waals surface area contributed by atoms with E-state index in [2.05, 4.69) is 41.3 Å². The van der Waals surface area contributed by atoms with E-state index in [1.807, 2.05) is 6.07 Å². The van der Waals surface area contributed by atoms with Gasteiger partial charge >= 0.3 is 0 Å². The molecule has 0 spiro atoms. The third-order valence-corrected chi connectivity index (χ3v) is 4.22. The van der Waals surface area contributed by atoms with Crippen LogP contribution < -0.4 is 4.74 Å². The molecule has 0 amide bonds. The van der Waals surface area contributed by atoms with Crippen LogP contribution in [0.5, 0.6) is 5.88 Å². The number of hydrogen-bond acceptors (Lipinski definition) is 3. The Morgan fingerprint density at radius 1 is 1.08 bits per heavy atom. The number of nitrogens with zero attached hydrogens (tertiary/aromatic N) is 3. The van der Waals surface area contributed by atoms with E-state index < -0.39 is 0 Å². The summed E-state index contributed by atoms with van der Waals surface area (Å²) < 4.78 is 21.4. The Balaban J connectivity index is 1.49. The van der Waals surface area contributed by atoms with Crippen LogP contribution in [0.3, 0.4) is 0 Å². The van der Waals surface area contributed by atoms with Gasteiger partial charge in [0.2, 0.25) is 5.88 Å². The van der Waals surface area contributed by atoms with Crippen LogP contribution in [0.15, 0.2) is 60.7 Å². The predicted octanol–water partition coefficient (Wildman–Crippen LogP) is 4.13. The molecule has 5 heteroatoms. The number of rotatable bonds is 8. The minimum absolute atomic E-state index is 0.278. The summed E-state index contributed by atoms with van der Waals surface area (Å²) in [4.78, 5) is 2.27. The molecule has 0 N–H and O–H groups in total. The maximum absolute atomic E-state index is 13.9. The van der Waals surface area contributed by atoms with Crippen LogP contribution in [-0.4, -0.2) is 34.9 Å². The fraction of sp³-hybridized carbons (Fsp3) is 0.286. The molecule has 2 aromatic carbocycles. The van der Waals surface area contributed by atoms with Gasteiger partial charge in [-0.05, 0) is 31.2 Å². The lowest BCUT2D eigenvalue weighted by atomic mass is 10.1. The maximum atomic E-state index is 13.9. The van der Waals surface area contributed by atoms with Crippen molar-refractivity contribution in [3.05, 3.63) is 72.0 Å². The van der Waals surface area contributed by atoms with Crippen LogP contribution in [0.2, 0.25) is 0 Å². The zero-order valence-electron chi connectivity index (χ0n) is 15.2. The summed E-state index contributed by atoms with van der Waals surface area (Å²) in [5.41, 5.74) is 2.37. The van der Waals surface area contributed by atoms with Gasteiger partial charge < -0.3 is 9.64 Å². The first kappa shape index (κ1) is 18.1. The second-order valence-electron chi connectivity index (χ2n) is 6.40. The van der Waals surface area contributed by atoms with Crippen molar-refractivity contribution in [3.8, 4) is 17.1 Å². The number of ether oxygens (including phenoxy) is 1. The average Bonchev–Trinajstić information content (AvgIpc) is 3.00. The van der Waals surface area contributed by atoms with Crippen LogP contribution >= 0.6 is 0 Å². The molecule has 0 saturated carbocycles. The van der Waals surface area contributed by atoms with Crippen LogP contribution in [0.25, 0.3) is 11.3 Å². The first-order valence-corrected chi connectivity index (χ1v) is 8.77. The lowest BCUT2D eigenvalue weighted by Crippen LogP contribution is -2.20. The summed E-state index contributed by atoms with van der Waals surface area (Å²) in [7, 11) is 3.91. The van der Waals surface area contributed by atoms with E-state index in [9.17, 15) is 4.39 Å². The molecule has 3 aromatic rings. The highest BCUT2D eigenvalue weighted by atomic mass is 19.1. The molecule has 0 saturated heterocycles. The van der Waals surface area contributed by atoms with Crippen LogP contribution in [-0.2, 0) is 13.6 Å². The number of aryl methyl sites for hydroxylation is 1. The van der Waals surface area contributed by atoms with Gasteiger partial charge in [0, 0.05) is 31.8 Å². The molecular weight excluding hydrogens is 329 g/mol. The molecule has 26 heavy (non-hydrogen) atoms. The lowest BCUT2D eigenvalue weighted by Gasteiger charge is -2.16. The monoisotopic (exact) mass is 353 g/mol. The van der Waals surface area contributed by atoms with E-state index in [-0.39, 0.29) is 5.82 Å². The highest BCUT2D eigenvalue weighted by Crippen LogP contribution is 2.25. The third kappa shape index (κ3) is 4.70. The normalized spacial score (nSPS) is 11.1. The zero-order valence-corrected chi connectivity index (χ0v) is 15.2. The molecule has 0 unspecified atom stereocenters. The number of benzene rings is 2. The second-order valence-corrected chi connectivity index (χ2v) is 6.40. The Kier molecular flexibility index (Phi) is 6.02. The summed E-state index contributed by atoms with van der Waals surface area (Å²) in [6, 6.07) is 18.8. The van der Waals surface area contributed by atoms with Gasteiger partial charge in [-0.25, -0.2) is 9.07 Å². The van der Waals surface area contributed by atoms with Crippen molar-refractivity contribution < 1.29 is 9.13 Å². The molecule has 0 radical (unpaired) electrons. The Morgan fingerprint density at radius 3 is 2.58 bits per heavy atom. The van der Waals surface area contributed by atoms with Gasteiger partial charge in [-0.3, -0.25) is 0 Å². The summed E-state index contributed by atoms with van der Waals surface area (Å²) >= 11 is 0. The molecule has 0 aliphatic rings. The van der Waals surface area contributed by atoms with Crippen molar-refractivity contribution in [3.63, 3.8) is 0 Å². The van der Waals surface area contributed by atoms with Crippen molar-refractivity contribution in [1.82, 2.24) is 14.7 Å². The van der Waals surface area contributed by atoms with E-state index in [1.165, 1.54) is 11.6 Å². The van der Waals surface area contributed by atoms with Crippen molar-refractivity contribution in [2.45, 2.75) is 13.0 Å². The Labute approximate surface area is 153 Å². The zero-order chi connectivity index (χ0) is 18.4. The number of aromatic nitrogens is 2. The first-order chi connectivity index (χ1) is 12.6. The molecule has 0 atom stereocenters. The van der Waals surface area contributed by atoms with Crippen LogP contribution in [0, 0.1) is 5.82 Å². The standard InChI is InChI=1S/C21H24FN3O/c1-24(16-17-9-4-3-5-10-17)13-8-14-26-21-15-20(23-25(21)2)18-11-6-7-12-19(18)22/h3-7,9-12,15H,8,13-14,16H2,1-2H3. The van der Waals surface area contributed by atoms with Gasteiger partial charge in [-0.2, -0.15) is 5.10 Å². The quantitative estimate of drug-likeness (QED) is 0.571. The topological polar surface area (TPSA) is 30.3 Å². The van der Waals surface area contributed by atoms with Gasteiger partial charge in [0.15, 0.2) is 0 Å². The minimum Gasteiger partial charge on any atom is -0.478 e. The van der Waals surface area contributed by atoms with E-state index in [0.717, 1.165) is 19.5 Å². The fourth-order valence-corrected chi connectivity index (χ4v) is 2.87. The molecular formula is C21H24FN3O. The van der Waals surface area contributed by atoms with Gasteiger partial charge in [0.05, 0.1) is 12.3 Å². The van der Waals surface area contributed by atoms with E-state index in [1.54, 1.807) is 36.0 Å². The molecule has 0 bridgehead atoms. The molecule has 136 valence electrons. The Morgan fingerprint density at radius 2 is 1.81 bits per heavy atom. The minimum atomic E-state index is -0.278. The molecule has 0 fully saturated rings. The Bertz CT molecular complexity index is 832. The van der Waals surface area contributed by atoms with Crippen LogP contribution in [0.4, 0.5) is 4.39 Å². The van der Waals surface area contributed by atoms with Gasteiger partial charge in [-0.15, -0.1) is 0 Å². The van der Waals surface area contributed by atoms with Crippen molar-refractivity contribution in [2.24, 2.45) is 7.05 Å². The molecule has 1 aromatic heterocycles. The summed E-state index contributed by atoms with van der Waals surface area (Å²) in [6.45, 7) is 2.45. The second kappa shape index (κ2) is 8.63. The predicted molar refractivity (Wildman–Crippen MR) is 101 cm³/mol. The van der Waals surface area contributed by atoms with E-state index >= 15 is 0 Å². The smallest absolute Gasteiger partial charge is 0.212 e. The summed E-state index contributed by atoms with van der Waals surface area (Å²) in [6.07, 6.45) is 0.906. The van der Waals surface area contributed by atoms with E-state index in [4.69, 9.17) is 4.74 Å². The summed E-state index contributed by atoms with van der Waals surface area (Å²) in [5.74, 6) is 0.369. The van der Waals surface area contributed by atoms with Gasteiger partial charge in [-0.1, -0.05) is 42.5 Å². The Hall–Kier alpha value is -2.66. The van der Waals surface area contributed by atoms with Crippen molar-refractivity contribution >= 4 is 0 Å². The van der Waals surface area contributed by atoms with E-state index in [0.29, 0.717) is 23.7 Å². The largest absolute Gasteiger partial charge is 0.478 e. The average molecular weight is 353 g/mol. The molecule has 4 nitrogen and oxygen atoms in total. The van der Waals surface area contributed by atoms with Crippen molar-refractivity contribution in [1.29, 1.82) is 0 Å². The SMILES string of the molecule is CN(CCCOc1cc(-c2ccccc2F)nn1C)Cc1ccccc1. The van der Waals surface area contributed by atoms with Gasteiger partial charge in [0.25, 0.3) is 0 Å². The number of hydrogen-bond donors (Lipinski definition) is 0. The molecule has 1 heterocycles. The molecule has 0 aliphatic carbocycles. The maximum Gasteiger partial charge on any atom is 0.212 e. The first-order valence-electron chi connectivity index (χ1n) is 8.77. The lowest BCUT2D eigenvalue weighted by molar-refractivity contribution is 0.245. The molecule has 3 rings (SSSR count). The highest BCUT2D eigenvalue weighted by molar-refractivity contribution is 5.60. The fourth-order valence-electron chi connectivity index (χ4n) is 2.87. The van der Waals surface area contributed by atoms with Crippen LogP contribution in [0.1, 0.15) is 12.0 Å². The van der Waals surface area contributed by atoms with Gasteiger partial charge in [0.1, 0.15) is 5.82 Å². The number of halogens is 1.